The fourth-order valence-electron chi connectivity index (χ4n) is 3.34. The number of ether oxygens (including phenoxy) is 1. The number of amides is 2. The maximum absolute atomic E-state index is 12.3. The Hall–Kier alpha value is -2.43. The monoisotopic (exact) mass is 451 g/mol. The number of rotatable bonds is 6. The molecule has 1 unspecified atom stereocenters. The largest absolute Gasteiger partial charge is 0.374 e. The van der Waals surface area contributed by atoms with Crippen molar-refractivity contribution in [1.82, 2.24) is 5.32 Å². The molecule has 2 N–H and O–H groups in total. The third-order valence-electron chi connectivity index (χ3n) is 4.84. The standard InChI is InChI=1S/C20H25N3O5S2/c1-13-6-9-18(29-13)17(28-2)12-21-19(24)20(25)22-15-8-7-14-5-4-10-23(16(14)11-15)30(3,26)27/h6-9,11,17H,4-5,10,12H2,1-3H3,(H,21,24)(H,22,25). The zero-order chi connectivity index (χ0) is 21.9. The average Bonchev–Trinajstić information content (AvgIpc) is 3.13. The number of hydrogen-bond acceptors (Lipinski definition) is 6. The number of anilines is 2. The Kier molecular flexibility index (Phi) is 6.79. The number of fused-ring (bicyclic) bond motifs is 1. The van der Waals surface area contributed by atoms with Gasteiger partial charge in [0.25, 0.3) is 0 Å². The molecule has 2 heterocycles. The number of thiophene rings is 1. The van der Waals surface area contributed by atoms with Crippen LogP contribution in [0.2, 0.25) is 0 Å². The van der Waals surface area contributed by atoms with E-state index in [0.717, 1.165) is 34.4 Å². The predicted molar refractivity (Wildman–Crippen MR) is 117 cm³/mol. The van der Waals surface area contributed by atoms with E-state index in [9.17, 15) is 18.0 Å². The van der Waals surface area contributed by atoms with Crippen molar-refractivity contribution >= 4 is 44.5 Å². The molecule has 0 fully saturated rings. The summed E-state index contributed by atoms with van der Waals surface area (Å²) in [6.45, 7) is 2.54. The normalized spacial score (nSPS) is 14.7. The number of carbonyl (C=O) groups is 2. The second kappa shape index (κ2) is 9.15. The Labute approximate surface area is 180 Å². The molecule has 0 saturated carbocycles. The molecular formula is C20H25N3O5S2. The molecule has 162 valence electrons. The highest BCUT2D eigenvalue weighted by atomic mass is 32.2. The van der Waals surface area contributed by atoms with Crippen LogP contribution in [0.15, 0.2) is 30.3 Å². The Balaban J connectivity index is 1.65. The van der Waals surface area contributed by atoms with Crippen LogP contribution in [-0.2, 0) is 30.8 Å². The third kappa shape index (κ3) is 5.18. The lowest BCUT2D eigenvalue weighted by Gasteiger charge is -2.29. The van der Waals surface area contributed by atoms with Crippen LogP contribution in [0.5, 0.6) is 0 Å². The first kappa shape index (κ1) is 22.3. The van der Waals surface area contributed by atoms with E-state index < -0.39 is 21.8 Å². The number of nitrogens with zero attached hydrogens (tertiary/aromatic N) is 1. The first-order valence-corrected chi connectivity index (χ1v) is 12.1. The zero-order valence-electron chi connectivity index (χ0n) is 17.1. The summed E-state index contributed by atoms with van der Waals surface area (Å²) in [7, 11) is -1.87. The molecule has 0 aliphatic carbocycles. The second-order valence-electron chi connectivity index (χ2n) is 7.12. The van der Waals surface area contributed by atoms with Gasteiger partial charge in [-0.3, -0.25) is 13.9 Å². The van der Waals surface area contributed by atoms with Gasteiger partial charge in [-0.15, -0.1) is 11.3 Å². The molecule has 30 heavy (non-hydrogen) atoms. The fourth-order valence-corrected chi connectivity index (χ4v) is 5.29. The van der Waals surface area contributed by atoms with Gasteiger partial charge < -0.3 is 15.4 Å². The molecule has 10 heteroatoms. The van der Waals surface area contributed by atoms with Crippen LogP contribution < -0.4 is 14.9 Å². The molecule has 0 radical (unpaired) electrons. The van der Waals surface area contributed by atoms with E-state index in [2.05, 4.69) is 10.6 Å². The van der Waals surface area contributed by atoms with Crippen molar-refractivity contribution < 1.29 is 22.7 Å². The van der Waals surface area contributed by atoms with Crippen molar-refractivity contribution in [1.29, 1.82) is 0 Å². The molecule has 8 nitrogen and oxygen atoms in total. The van der Waals surface area contributed by atoms with Crippen LogP contribution in [-0.4, -0.2) is 46.7 Å². The first-order valence-electron chi connectivity index (χ1n) is 9.48. The quantitative estimate of drug-likeness (QED) is 0.655. The zero-order valence-corrected chi connectivity index (χ0v) is 18.7. The minimum Gasteiger partial charge on any atom is -0.374 e. The second-order valence-corrected chi connectivity index (χ2v) is 10.3. The van der Waals surface area contributed by atoms with Crippen molar-refractivity contribution in [2.45, 2.75) is 25.9 Å². The van der Waals surface area contributed by atoms with Gasteiger partial charge in [-0.1, -0.05) is 6.07 Å². The highest BCUT2D eigenvalue weighted by molar-refractivity contribution is 7.92. The molecule has 2 aromatic rings. The first-order chi connectivity index (χ1) is 14.2. The van der Waals surface area contributed by atoms with Crippen LogP contribution in [0, 0.1) is 6.92 Å². The molecular weight excluding hydrogens is 426 g/mol. The highest BCUT2D eigenvalue weighted by Gasteiger charge is 2.25. The van der Waals surface area contributed by atoms with Crippen LogP contribution >= 0.6 is 11.3 Å². The maximum atomic E-state index is 12.3. The average molecular weight is 452 g/mol. The molecule has 1 aromatic heterocycles. The number of methoxy groups -OCH3 is 1. The van der Waals surface area contributed by atoms with Crippen molar-refractivity contribution in [2.24, 2.45) is 0 Å². The predicted octanol–water partition coefficient (Wildman–Crippen LogP) is 2.21. The Morgan fingerprint density at radius 2 is 2.00 bits per heavy atom. The van der Waals surface area contributed by atoms with E-state index in [4.69, 9.17) is 4.74 Å². The third-order valence-corrected chi connectivity index (χ3v) is 7.11. The SMILES string of the molecule is COC(CNC(=O)C(=O)Nc1ccc2c(c1)N(S(C)(=O)=O)CCC2)c1ccc(C)s1. The van der Waals surface area contributed by atoms with Gasteiger partial charge in [0.15, 0.2) is 0 Å². The summed E-state index contributed by atoms with van der Waals surface area (Å²) >= 11 is 1.57. The number of hydrogen-bond donors (Lipinski definition) is 2. The maximum Gasteiger partial charge on any atom is 0.313 e. The fraction of sp³-hybridized carbons (Fsp3) is 0.400. The van der Waals surface area contributed by atoms with Gasteiger partial charge in [0.05, 0.1) is 11.9 Å². The summed E-state index contributed by atoms with van der Waals surface area (Å²) in [5.74, 6) is -1.61. The summed E-state index contributed by atoms with van der Waals surface area (Å²) in [6.07, 6.45) is 2.31. The van der Waals surface area contributed by atoms with Gasteiger partial charge >= 0.3 is 11.8 Å². The summed E-state index contributed by atoms with van der Waals surface area (Å²) < 4.78 is 30.8. The van der Waals surface area contributed by atoms with Crippen molar-refractivity contribution in [3.05, 3.63) is 45.6 Å². The lowest BCUT2D eigenvalue weighted by Crippen LogP contribution is -2.38. The van der Waals surface area contributed by atoms with Gasteiger partial charge in [0.1, 0.15) is 6.10 Å². The summed E-state index contributed by atoms with van der Waals surface area (Å²) in [6, 6.07) is 8.94. The van der Waals surface area contributed by atoms with Crippen molar-refractivity contribution in [2.75, 3.05) is 36.1 Å². The highest BCUT2D eigenvalue weighted by Crippen LogP contribution is 2.31. The van der Waals surface area contributed by atoms with Gasteiger partial charge in [0.2, 0.25) is 10.0 Å². The summed E-state index contributed by atoms with van der Waals surface area (Å²) in [5, 5.41) is 5.12. The molecule has 1 aliphatic rings. The van der Waals surface area contributed by atoms with Crippen LogP contribution in [0.4, 0.5) is 11.4 Å². The Morgan fingerprint density at radius 3 is 2.63 bits per heavy atom. The van der Waals surface area contributed by atoms with Gasteiger partial charge in [0, 0.05) is 35.6 Å². The molecule has 0 spiro atoms. The molecule has 1 aliphatic heterocycles. The lowest BCUT2D eigenvalue weighted by molar-refractivity contribution is -0.136. The smallest absolute Gasteiger partial charge is 0.313 e. The molecule has 1 aromatic carbocycles. The molecule has 2 amide bonds. The molecule has 3 rings (SSSR count). The molecule has 1 atom stereocenters. The molecule has 0 saturated heterocycles. The van der Waals surface area contributed by atoms with Crippen molar-refractivity contribution in [3.8, 4) is 0 Å². The minimum atomic E-state index is -3.42. The van der Waals surface area contributed by atoms with Crippen LogP contribution in [0.25, 0.3) is 0 Å². The van der Waals surface area contributed by atoms with E-state index >= 15 is 0 Å². The van der Waals surface area contributed by atoms with Crippen LogP contribution in [0.3, 0.4) is 0 Å². The van der Waals surface area contributed by atoms with Gasteiger partial charge in [-0.25, -0.2) is 8.42 Å². The lowest BCUT2D eigenvalue weighted by atomic mass is 10.0. The topological polar surface area (TPSA) is 105 Å². The van der Waals surface area contributed by atoms with E-state index in [1.54, 1.807) is 36.6 Å². The van der Waals surface area contributed by atoms with E-state index in [1.165, 1.54) is 4.31 Å². The Bertz CT molecular complexity index is 1050. The summed E-state index contributed by atoms with van der Waals surface area (Å²) in [5.41, 5.74) is 1.79. The number of carbonyl (C=O) groups excluding carboxylic acids is 2. The minimum absolute atomic E-state index is 0.161. The number of nitrogens with one attached hydrogen (secondary N) is 2. The van der Waals surface area contributed by atoms with Gasteiger partial charge in [-0.05, 0) is 49.6 Å². The number of aryl methyl sites for hydroxylation is 2. The number of sulfonamides is 1. The van der Waals surface area contributed by atoms with E-state index in [0.29, 0.717) is 17.9 Å². The van der Waals surface area contributed by atoms with E-state index in [-0.39, 0.29) is 12.6 Å². The molecule has 0 bridgehead atoms. The Morgan fingerprint density at radius 1 is 1.23 bits per heavy atom. The number of benzene rings is 1. The summed E-state index contributed by atoms with van der Waals surface area (Å²) in [4.78, 5) is 26.6. The van der Waals surface area contributed by atoms with Crippen LogP contribution in [0.1, 0.15) is 27.8 Å². The van der Waals surface area contributed by atoms with E-state index in [1.807, 2.05) is 19.1 Å². The van der Waals surface area contributed by atoms with Crippen molar-refractivity contribution in [3.63, 3.8) is 0 Å². The van der Waals surface area contributed by atoms with Gasteiger partial charge in [-0.2, -0.15) is 0 Å².